The maximum Gasteiger partial charge on any atom is 0.0524 e. The molecule has 0 atom stereocenters. The molecule has 0 aliphatic rings. The number of rotatable bonds is 4. The van der Waals surface area contributed by atoms with Crippen molar-refractivity contribution in [1.82, 2.24) is 0 Å². The van der Waals surface area contributed by atoms with Gasteiger partial charge in [0.2, 0.25) is 0 Å². The van der Waals surface area contributed by atoms with Crippen LogP contribution in [-0.2, 0) is 0 Å². The lowest BCUT2D eigenvalue weighted by Crippen LogP contribution is -2.19. The summed E-state index contributed by atoms with van der Waals surface area (Å²) in [5, 5.41) is 5.34. The summed E-state index contributed by atoms with van der Waals surface area (Å²) in [7, 11) is 4.36. The lowest BCUT2D eigenvalue weighted by molar-refractivity contribution is 0.972. The molecule has 0 aliphatic carbocycles. The van der Waals surface area contributed by atoms with Gasteiger partial charge in [-0.15, -0.1) is 0 Å². The Morgan fingerprint density at radius 2 is 0.864 bits per heavy atom. The Morgan fingerprint density at radius 1 is 0.591 bits per heavy atom. The van der Waals surface area contributed by atoms with E-state index in [0.29, 0.717) is 0 Å². The van der Waals surface area contributed by atoms with Crippen molar-refractivity contribution in [2.45, 2.75) is 13.8 Å². The summed E-state index contributed by atoms with van der Waals surface area (Å²) in [6, 6.07) is 17.5. The molecule has 0 aliphatic heterocycles. The van der Waals surface area contributed by atoms with Gasteiger partial charge < -0.3 is 9.80 Å². The summed E-state index contributed by atoms with van der Waals surface area (Å²) in [5.74, 6) is 0. The molecule has 0 aromatic heterocycles. The fourth-order valence-corrected chi connectivity index (χ4v) is 3.22. The van der Waals surface area contributed by atoms with Crippen LogP contribution in [0.5, 0.6) is 0 Å². The topological polar surface area (TPSA) is 6.48 Å². The predicted octanol–water partition coefficient (Wildman–Crippen LogP) is 4.91. The van der Waals surface area contributed by atoms with E-state index in [0.717, 1.165) is 13.1 Å². The van der Waals surface area contributed by atoms with Gasteiger partial charge >= 0.3 is 0 Å². The van der Waals surface area contributed by atoms with Gasteiger partial charge in [-0.3, -0.25) is 0 Å². The van der Waals surface area contributed by atoms with Crippen LogP contribution in [0.15, 0.2) is 48.5 Å². The van der Waals surface area contributed by atoms with Crippen molar-refractivity contribution in [3.05, 3.63) is 48.5 Å². The summed E-state index contributed by atoms with van der Waals surface area (Å²) < 4.78 is 0. The van der Waals surface area contributed by atoms with Crippen LogP contribution in [-0.4, -0.2) is 27.2 Å². The minimum Gasteiger partial charge on any atom is -0.374 e. The number of hydrogen-bond donors (Lipinski definition) is 0. The zero-order valence-electron chi connectivity index (χ0n) is 13.9. The molecular formula is C20H24N2. The quantitative estimate of drug-likeness (QED) is 0.498. The van der Waals surface area contributed by atoms with Gasteiger partial charge in [-0.25, -0.2) is 0 Å². The van der Waals surface area contributed by atoms with Crippen LogP contribution < -0.4 is 9.80 Å². The minimum absolute atomic E-state index is 0.997. The first-order chi connectivity index (χ1) is 10.7. The lowest BCUT2D eigenvalue weighted by Gasteiger charge is -2.27. The largest absolute Gasteiger partial charge is 0.374 e. The molecule has 0 fully saturated rings. The fraction of sp³-hybridized carbons (Fsp3) is 0.300. The Morgan fingerprint density at radius 3 is 1.09 bits per heavy atom. The van der Waals surface area contributed by atoms with Crippen molar-refractivity contribution in [1.29, 1.82) is 0 Å². The molecule has 0 heterocycles. The molecule has 2 nitrogen and oxygen atoms in total. The van der Waals surface area contributed by atoms with Crippen molar-refractivity contribution in [3.63, 3.8) is 0 Å². The number of fused-ring (bicyclic) bond motifs is 2. The zero-order valence-corrected chi connectivity index (χ0v) is 13.9. The number of anilines is 2. The number of nitrogens with zero attached hydrogens (tertiary/aromatic N) is 2. The van der Waals surface area contributed by atoms with Crippen LogP contribution >= 0.6 is 0 Å². The molecule has 114 valence electrons. The van der Waals surface area contributed by atoms with E-state index in [9.17, 15) is 0 Å². The molecule has 0 spiro atoms. The normalized spacial score (nSPS) is 11.1. The Kier molecular flexibility index (Phi) is 3.93. The highest BCUT2D eigenvalue weighted by molar-refractivity contribution is 6.20. The molecule has 0 N–H and O–H groups in total. The number of benzene rings is 3. The van der Waals surface area contributed by atoms with Gasteiger partial charge in [-0.2, -0.15) is 0 Å². The highest BCUT2D eigenvalue weighted by Crippen LogP contribution is 2.42. The minimum atomic E-state index is 0.997. The van der Waals surface area contributed by atoms with E-state index >= 15 is 0 Å². The Hall–Kier alpha value is -2.22. The molecule has 2 heteroatoms. The molecule has 3 rings (SSSR count). The summed E-state index contributed by atoms with van der Waals surface area (Å²) in [6.45, 7) is 6.40. The first-order valence-corrected chi connectivity index (χ1v) is 8.04. The molecule has 0 saturated carbocycles. The van der Waals surface area contributed by atoms with Gasteiger partial charge in [0.15, 0.2) is 0 Å². The van der Waals surface area contributed by atoms with Gasteiger partial charge in [0.25, 0.3) is 0 Å². The van der Waals surface area contributed by atoms with Gasteiger partial charge in [-0.05, 0) is 13.8 Å². The van der Waals surface area contributed by atoms with Gasteiger partial charge in [0.1, 0.15) is 0 Å². The van der Waals surface area contributed by atoms with Crippen LogP contribution in [0.1, 0.15) is 13.8 Å². The first-order valence-electron chi connectivity index (χ1n) is 8.04. The lowest BCUT2D eigenvalue weighted by atomic mass is 9.97. The molecule has 22 heavy (non-hydrogen) atoms. The fourth-order valence-electron chi connectivity index (χ4n) is 3.22. The molecule has 0 unspecified atom stereocenters. The SMILES string of the molecule is CCN(C)c1c2ccccc2c(N(C)CC)c2ccccc12. The van der Waals surface area contributed by atoms with Crippen molar-refractivity contribution in [2.75, 3.05) is 37.0 Å². The van der Waals surface area contributed by atoms with Crippen LogP contribution in [0.4, 0.5) is 11.4 Å². The van der Waals surface area contributed by atoms with Crippen molar-refractivity contribution < 1.29 is 0 Å². The molecular weight excluding hydrogens is 268 g/mol. The second-order valence-corrected chi connectivity index (χ2v) is 5.82. The molecule has 0 bridgehead atoms. The third-order valence-corrected chi connectivity index (χ3v) is 4.59. The van der Waals surface area contributed by atoms with Gasteiger partial charge in [0, 0.05) is 48.7 Å². The second-order valence-electron chi connectivity index (χ2n) is 5.82. The molecule has 0 radical (unpaired) electrons. The summed E-state index contributed by atoms with van der Waals surface area (Å²) >= 11 is 0. The highest BCUT2D eigenvalue weighted by atomic mass is 15.1. The Bertz CT molecular complexity index is 682. The van der Waals surface area contributed by atoms with E-state index in [2.05, 4.69) is 86.3 Å². The van der Waals surface area contributed by atoms with Crippen molar-refractivity contribution in [2.24, 2.45) is 0 Å². The average molecular weight is 292 g/mol. The van der Waals surface area contributed by atoms with Crippen LogP contribution in [0.25, 0.3) is 21.5 Å². The average Bonchev–Trinajstić information content (AvgIpc) is 2.58. The van der Waals surface area contributed by atoms with Crippen molar-refractivity contribution in [3.8, 4) is 0 Å². The molecule has 3 aromatic rings. The first kappa shape index (κ1) is 14.7. The van der Waals surface area contributed by atoms with Gasteiger partial charge in [0.05, 0.1) is 11.4 Å². The number of hydrogen-bond acceptors (Lipinski definition) is 2. The third kappa shape index (κ3) is 2.19. The van der Waals surface area contributed by atoms with Crippen molar-refractivity contribution >= 4 is 32.9 Å². The van der Waals surface area contributed by atoms with Crippen LogP contribution in [0.2, 0.25) is 0 Å². The van der Waals surface area contributed by atoms with E-state index in [1.54, 1.807) is 0 Å². The van der Waals surface area contributed by atoms with E-state index < -0.39 is 0 Å². The zero-order chi connectivity index (χ0) is 15.7. The Labute approximate surface area is 133 Å². The van der Waals surface area contributed by atoms with E-state index in [1.165, 1.54) is 32.9 Å². The third-order valence-electron chi connectivity index (χ3n) is 4.59. The predicted molar refractivity (Wildman–Crippen MR) is 99.3 cm³/mol. The maximum absolute atomic E-state index is 2.35. The standard InChI is InChI=1S/C20H24N2/c1-5-21(3)19-15-11-7-9-13-17(15)20(22(4)6-2)18-14-10-8-12-16(18)19/h7-14H,5-6H2,1-4H3. The monoisotopic (exact) mass is 292 g/mol. The van der Waals surface area contributed by atoms with E-state index in [1.807, 2.05) is 0 Å². The van der Waals surface area contributed by atoms with Gasteiger partial charge in [-0.1, -0.05) is 48.5 Å². The summed E-state index contributed by atoms with van der Waals surface area (Å²) in [4.78, 5) is 4.70. The molecule has 3 aromatic carbocycles. The van der Waals surface area contributed by atoms with E-state index in [4.69, 9.17) is 0 Å². The Balaban J connectivity index is 2.53. The summed E-state index contributed by atoms with van der Waals surface area (Å²) in [6.07, 6.45) is 0. The summed E-state index contributed by atoms with van der Waals surface area (Å²) in [5.41, 5.74) is 2.67. The maximum atomic E-state index is 2.35. The van der Waals surface area contributed by atoms with Crippen LogP contribution in [0.3, 0.4) is 0 Å². The smallest absolute Gasteiger partial charge is 0.0524 e. The van der Waals surface area contributed by atoms with Crippen LogP contribution in [0, 0.1) is 0 Å². The highest BCUT2D eigenvalue weighted by Gasteiger charge is 2.17. The van der Waals surface area contributed by atoms with E-state index in [-0.39, 0.29) is 0 Å². The molecule has 0 saturated heterocycles. The molecule has 0 amide bonds. The second kappa shape index (κ2) is 5.88.